The van der Waals surface area contributed by atoms with E-state index in [4.69, 9.17) is 23.2 Å². The highest BCUT2D eigenvalue weighted by Gasteiger charge is 2.11. The van der Waals surface area contributed by atoms with Gasteiger partial charge < -0.3 is 0 Å². The second-order valence-electron chi connectivity index (χ2n) is 4.83. The lowest BCUT2D eigenvalue weighted by Gasteiger charge is -2.06. The van der Waals surface area contributed by atoms with Crippen molar-refractivity contribution in [2.75, 3.05) is 7.05 Å². The first-order chi connectivity index (χ1) is 11.6. The maximum atomic E-state index is 6.35. The number of halogens is 3. The maximum Gasteiger partial charge on any atom is 0.205 e. The molecular formula is C17H12Cl2IN3S. The predicted octanol–water partition coefficient (Wildman–Crippen LogP) is 5.54. The number of hydrogen-bond acceptors (Lipinski definition) is 3. The van der Waals surface area contributed by atoms with Gasteiger partial charge in [0.05, 0.1) is 16.9 Å². The Kier molecular flexibility index (Phi) is 5.76. The first-order valence-corrected chi connectivity index (χ1v) is 9.69. The molecule has 0 unspecified atom stereocenters. The number of benzene rings is 2. The van der Waals surface area contributed by atoms with Gasteiger partial charge in [-0.05, 0) is 46.9 Å². The summed E-state index contributed by atoms with van der Waals surface area (Å²) in [6.45, 7) is 0. The third-order valence-electron chi connectivity index (χ3n) is 3.30. The molecule has 3 nitrogen and oxygen atoms in total. The van der Waals surface area contributed by atoms with E-state index in [1.54, 1.807) is 17.8 Å². The second kappa shape index (κ2) is 7.82. The van der Waals surface area contributed by atoms with Crippen LogP contribution in [0.2, 0.25) is 10.0 Å². The van der Waals surface area contributed by atoms with Gasteiger partial charge in [0.25, 0.3) is 0 Å². The lowest BCUT2D eigenvalue weighted by Crippen LogP contribution is -2.11. The highest BCUT2D eigenvalue weighted by atomic mass is 127. The van der Waals surface area contributed by atoms with Crippen LogP contribution in [0.1, 0.15) is 5.56 Å². The zero-order chi connectivity index (χ0) is 17.1. The first-order valence-electron chi connectivity index (χ1n) is 6.98. The van der Waals surface area contributed by atoms with Gasteiger partial charge in [0.15, 0.2) is 0 Å². The Labute approximate surface area is 167 Å². The van der Waals surface area contributed by atoms with E-state index < -0.39 is 0 Å². The molecule has 0 fully saturated rings. The largest absolute Gasteiger partial charge is 0.261 e. The van der Waals surface area contributed by atoms with Crippen molar-refractivity contribution in [2.24, 2.45) is 10.1 Å². The van der Waals surface area contributed by atoms with Gasteiger partial charge in [-0.1, -0.05) is 41.4 Å². The molecule has 0 aliphatic heterocycles. The monoisotopic (exact) mass is 487 g/mol. The number of rotatable bonds is 3. The van der Waals surface area contributed by atoms with E-state index in [0.717, 1.165) is 25.2 Å². The van der Waals surface area contributed by atoms with Gasteiger partial charge in [-0.3, -0.25) is 4.99 Å². The Hall–Kier alpha value is -1.15. The fraction of sp³-hybridized carbons (Fsp3) is 0.0588. The van der Waals surface area contributed by atoms with Crippen molar-refractivity contribution in [3.8, 4) is 11.3 Å². The molecule has 0 saturated heterocycles. The van der Waals surface area contributed by atoms with Crippen LogP contribution in [0, 0.1) is 3.57 Å². The van der Waals surface area contributed by atoms with Crippen LogP contribution in [0.4, 0.5) is 0 Å². The quantitative estimate of drug-likeness (QED) is 0.343. The highest BCUT2D eigenvalue weighted by molar-refractivity contribution is 14.1. The van der Waals surface area contributed by atoms with E-state index in [0.29, 0.717) is 10.0 Å². The Balaban J connectivity index is 2.11. The van der Waals surface area contributed by atoms with Crippen LogP contribution < -0.4 is 4.80 Å². The van der Waals surface area contributed by atoms with Crippen LogP contribution in [-0.2, 0) is 0 Å². The van der Waals surface area contributed by atoms with Crippen LogP contribution in [0.3, 0.4) is 0 Å². The summed E-state index contributed by atoms with van der Waals surface area (Å²) in [5.74, 6) is 0. The molecule has 0 aliphatic rings. The molecule has 0 N–H and O–H groups in total. The smallest absolute Gasteiger partial charge is 0.205 e. The minimum absolute atomic E-state index is 0.584. The molecule has 122 valence electrons. The van der Waals surface area contributed by atoms with Crippen LogP contribution in [0.15, 0.2) is 57.9 Å². The van der Waals surface area contributed by atoms with Crippen LogP contribution >= 0.6 is 57.1 Å². The average molecular weight is 488 g/mol. The van der Waals surface area contributed by atoms with E-state index in [1.807, 2.05) is 48.0 Å². The van der Waals surface area contributed by atoms with Gasteiger partial charge in [0.1, 0.15) is 0 Å². The number of aromatic nitrogens is 1. The van der Waals surface area contributed by atoms with Gasteiger partial charge in [-0.15, -0.1) is 11.3 Å². The number of thiazole rings is 1. The summed E-state index contributed by atoms with van der Waals surface area (Å²) >= 11 is 16.2. The van der Waals surface area contributed by atoms with Crippen molar-refractivity contribution in [1.82, 2.24) is 4.68 Å². The van der Waals surface area contributed by atoms with Gasteiger partial charge >= 0.3 is 0 Å². The standard InChI is InChI=1S/C17H12Cl2IN3S/c1-21-17-23(22-9-11-4-2-3-5-15(11)20)16(10-24-17)13-7-6-12(18)8-14(13)19/h2-10H,1H3/b21-17?,22-9-. The van der Waals surface area contributed by atoms with Crippen molar-refractivity contribution in [1.29, 1.82) is 0 Å². The number of nitrogens with zero attached hydrogens (tertiary/aromatic N) is 3. The number of hydrogen-bond donors (Lipinski definition) is 0. The summed E-state index contributed by atoms with van der Waals surface area (Å²) in [7, 11) is 1.75. The maximum absolute atomic E-state index is 6.35. The lowest BCUT2D eigenvalue weighted by atomic mass is 10.2. The molecule has 7 heteroatoms. The molecular weight excluding hydrogens is 476 g/mol. The zero-order valence-electron chi connectivity index (χ0n) is 12.6. The van der Waals surface area contributed by atoms with Gasteiger partial charge in [0, 0.05) is 32.1 Å². The van der Waals surface area contributed by atoms with Crippen molar-refractivity contribution in [3.63, 3.8) is 0 Å². The summed E-state index contributed by atoms with van der Waals surface area (Å²) < 4.78 is 2.93. The van der Waals surface area contributed by atoms with Crippen molar-refractivity contribution in [3.05, 3.63) is 71.8 Å². The molecule has 3 aromatic rings. The SMILES string of the molecule is CN=c1scc(-c2ccc(Cl)cc2Cl)n1/N=C\c1ccccc1I. The fourth-order valence-electron chi connectivity index (χ4n) is 2.14. The Morgan fingerprint density at radius 2 is 1.96 bits per heavy atom. The van der Waals surface area contributed by atoms with Crippen LogP contribution in [0.5, 0.6) is 0 Å². The topological polar surface area (TPSA) is 29.6 Å². The molecule has 3 rings (SSSR count). The minimum atomic E-state index is 0.584. The zero-order valence-corrected chi connectivity index (χ0v) is 17.1. The van der Waals surface area contributed by atoms with E-state index in [1.165, 1.54) is 11.3 Å². The Morgan fingerprint density at radius 1 is 1.17 bits per heavy atom. The summed E-state index contributed by atoms with van der Waals surface area (Å²) in [5, 5.41) is 7.80. The molecule has 0 bridgehead atoms. The van der Waals surface area contributed by atoms with E-state index in [9.17, 15) is 0 Å². The average Bonchev–Trinajstić information content (AvgIpc) is 2.97. The normalized spacial score (nSPS) is 12.2. The lowest BCUT2D eigenvalue weighted by molar-refractivity contribution is 0.848. The molecule has 0 spiro atoms. The molecule has 1 aromatic heterocycles. The summed E-state index contributed by atoms with van der Waals surface area (Å²) in [5.41, 5.74) is 2.79. The van der Waals surface area contributed by atoms with Gasteiger partial charge in [-0.25, -0.2) is 4.68 Å². The summed E-state index contributed by atoms with van der Waals surface area (Å²) in [4.78, 5) is 5.09. The fourth-order valence-corrected chi connectivity index (χ4v) is 3.97. The Bertz CT molecular complexity index is 976. The molecule has 0 radical (unpaired) electrons. The molecule has 0 atom stereocenters. The molecule has 2 aromatic carbocycles. The summed E-state index contributed by atoms with van der Waals surface area (Å²) in [6, 6.07) is 13.5. The van der Waals surface area contributed by atoms with E-state index >= 15 is 0 Å². The van der Waals surface area contributed by atoms with Crippen LogP contribution in [-0.4, -0.2) is 17.9 Å². The highest BCUT2D eigenvalue weighted by Crippen LogP contribution is 2.30. The third kappa shape index (κ3) is 3.74. The molecule has 24 heavy (non-hydrogen) atoms. The van der Waals surface area contributed by atoms with E-state index in [-0.39, 0.29) is 0 Å². The second-order valence-corrected chi connectivity index (χ2v) is 7.67. The third-order valence-corrected chi connectivity index (χ3v) is 5.74. The first kappa shape index (κ1) is 17.7. The van der Waals surface area contributed by atoms with Crippen molar-refractivity contribution < 1.29 is 0 Å². The van der Waals surface area contributed by atoms with Gasteiger partial charge in [0.2, 0.25) is 4.80 Å². The van der Waals surface area contributed by atoms with Crippen LogP contribution in [0.25, 0.3) is 11.3 Å². The van der Waals surface area contributed by atoms with Gasteiger partial charge in [-0.2, -0.15) is 5.10 Å². The minimum Gasteiger partial charge on any atom is -0.261 e. The summed E-state index contributed by atoms with van der Waals surface area (Å²) in [6.07, 6.45) is 1.83. The predicted molar refractivity (Wildman–Crippen MR) is 111 cm³/mol. The van der Waals surface area contributed by atoms with E-state index in [2.05, 4.69) is 32.7 Å². The Morgan fingerprint density at radius 3 is 2.67 bits per heavy atom. The van der Waals surface area contributed by atoms with Crippen molar-refractivity contribution in [2.45, 2.75) is 0 Å². The molecule has 0 saturated carbocycles. The molecule has 0 amide bonds. The van der Waals surface area contributed by atoms with Crippen molar-refractivity contribution >= 4 is 63.3 Å². The molecule has 0 aliphatic carbocycles. The molecule has 1 heterocycles.